The van der Waals surface area contributed by atoms with E-state index in [0.717, 1.165) is 24.8 Å². The monoisotopic (exact) mass is 445 g/mol. The Bertz CT molecular complexity index is 1440. The number of piperidine rings is 1. The van der Waals surface area contributed by atoms with Gasteiger partial charge in [0.05, 0.1) is 17.3 Å². The van der Waals surface area contributed by atoms with Crippen molar-refractivity contribution in [1.82, 2.24) is 28.4 Å². The summed E-state index contributed by atoms with van der Waals surface area (Å²) in [4.78, 5) is 37.4. The van der Waals surface area contributed by atoms with Crippen LogP contribution in [0.4, 0.5) is 0 Å². The summed E-state index contributed by atoms with van der Waals surface area (Å²) in [6.07, 6.45) is 10.9. The number of likely N-dealkylation sites (tertiary alicyclic amines) is 1. The Kier molecular flexibility index (Phi) is 5.53. The molecule has 0 atom stereocenters. The first-order chi connectivity index (χ1) is 16.0. The van der Waals surface area contributed by atoms with Crippen molar-refractivity contribution >= 4 is 22.6 Å². The maximum absolute atomic E-state index is 13.4. The average molecular weight is 446 g/mol. The largest absolute Gasteiger partial charge is 0.339 e. The zero-order chi connectivity index (χ0) is 22.9. The molecule has 0 spiro atoms. The highest BCUT2D eigenvalue weighted by atomic mass is 16.2. The van der Waals surface area contributed by atoms with Crippen molar-refractivity contribution in [2.75, 3.05) is 13.1 Å². The first kappa shape index (κ1) is 21.1. The summed E-state index contributed by atoms with van der Waals surface area (Å²) >= 11 is 0. The minimum absolute atomic E-state index is 0.104. The molecular weight excluding hydrogens is 418 g/mol. The molecular formula is C24H27N7O2. The molecule has 1 N–H and O–H groups in total. The van der Waals surface area contributed by atoms with Gasteiger partial charge in [-0.15, -0.1) is 0 Å². The van der Waals surface area contributed by atoms with Crippen LogP contribution in [-0.2, 0) is 13.1 Å². The van der Waals surface area contributed by atoms with E-state index in [4.69, 9.17) is 10.4 Å². The van der Waals surface area contributed by atoms with Crippen molar-refractivity contribution in [2.45, 2.75) is 45.7 Å². The maximum Gasteiger partial charge on any atom is 0.267 e. The molecule has 33 heavy (non-hydrogen) atoms. The second kappa shape index (κ2) is 8.65. The Balaban J connectivity index is 1.66. The number of aryl methyl sites for hydroxylation is 3. The number of amides is 1. The molecule has 4 aromatic rings. The fraction of sp³-hybridized carbons (Fsp3) is 0.375. The van der Waals surface area contributed by atoms with Crippen molar-refractivity contribution in [3.8, 4) is 0 Å². The molecule has 0 saturated carbocycles. The van der Waals surface area contributed by atoms with E-state index in [1.165, 1.54) is 4.40 Å². The molecule has 5 rings (SSSR count). The van der Waals surface area contributed by atoms with E-state index >= 15 is 0 Å². The molecule has 0 aliphatic carbocycles. The van der Waals surface area contributed by atoms with Crippen molar-refractivity contribution in [2.24, 2.45) is 0 Å². The van der Waals surface area contributed by atoms with E-state index in [2.05, 4.69) is 4.98 Å². The number of carbonyl (C=O) groups is 1. The third-order valence-electron chi connectivity index (χ3n) is 6.29. The van der Waals surface area contributed by atoms with Crippen LogP contribution in [0.25, 0.3) is 16.7 Å². The molecule has 5 heterocycles. The van der Waals surface area contributed by atoms with Crippen LogP contribution in [0.15, 0.2) is 47.9 Å². The van der Waals surface area contributed by atoms with Crippen LogP contribution in [0.2, 0.25) is 0 Å². The van der Waals surface area contributed by atoms with Crippen LogP contribution in [0.1, 0.15) is 41.6 Å². The van der Waals surface area contributed by atoms with E-state index in [0.29, 0.717) is 49.3 Å². The normalized spacial score (nSPS) is 14.3. The lowest BCUT2D eigenvalue weighted by atomic mass is 10.1. The van der Waals surface area contributed by atoms with Crippen LogP contribution in [-0.4, -0.2) is 47.4 Å². The number of aromatic nitrogens is 5. The van der Waals surface area contributed by atoms with E-state index in [9.17, 15) is 9.59 Å². The molecule has 9 nitrogen and oxygen atoms in total. The van der Waals surface area contributed by atoms with Gasteiger partial charge in [-0.05, 0) is 50.3 Å². The predicted octanol–water partition coefficient (Wildman–Crippen LogP) is 2.35. The smallest absolute Gasteiger partial charge is 0.267 e. The van der Waals surface area contributed by atoms with E-state index in [1.54, 1.807) is 34.3 Å². The maximum atomic E-state index is 13.4. The second-order valence-corrected chi connectivity index (χ2v) is 8.65. The van der Waals surface area contributed by atoms with Gasteiger partial charge in [-0.3, -0.25) is 19.4 Å². The van der Waals surface area contributed by atoms with Crippen LogP contribution in [0, 0.1) is 12.3 Å². The Morgan fingerprint density at radius 3 is 2.73 bits per heavy atom. The Hall–Kier alpha value is -3.75. The zero-order valence-electron chi connectivity index (χ0n) is 18.7. The second-order valence-electron chi connectivity index (χ2n) is 8.65. The molecule has 0 aromatic carbocycles. The van der Waals surface area contributed by atoms with Gasteiger partial charge < -0.3 is 14.0 Å². The van der Waals surface area contributed by atoms with Crippen molar-refractivity contribution in [3.63, 3.8) is 0 Å². The summed E-state index contributed by atoms with van der Waals surface area (Å²) < 4.78 is 5.20. The molecule has 0 bridgehead atoms. The Labute approximate surface area is 190 Å². The summed E-state index contributed by atoms with van der Waals surface area (Å²) in [5, 5.41) is 9.25. The van der Waals surface area contributed by atoms with E-state index in [1.807, 2.05) is 29.8 Å². The molecule has 4 aromatic heterocycles. The fourth-order valence-corrected chi connectivity index (χ4v) is 4.52. The molecule has 0 radical (unpaired) electrons. The highest BCUT2D eigenvalue weighted by Crippen LogP contribution is 2.16. The van der Waals surface area contributed by atoms with Gasteiger partial charge in [0.15, 0.2) is 0 Å². The quantitative estimate of drug-likeness (QED) is 0.477. The van der Waals surface area contributed by atoms with Gasteiger partial charge in [-0.25, -0.2) is 9.97 Å². The summed E-state index contributed by atoms with van der Waals surface area (Å²) in [5.41, 5.74) is 2.05. The minimum atomic E-state index is -0.227. The molecule has 9 heteroatoms. The first-order valence-corrected chi connectivity index (χ1v) is 11.4. The number of carbonyl (C=O) groups excluding carboxylic acids is 1. The number of nitrogens with one attached hydrogen (secondary N) is 1. The molecule has 0 unspecified atom stereocenters. The zero-order valence-corrected chi connectivity index (χ0v) is 18.7. The number of pyridine rings is 2. The van der Waals surface area contributed by atoms with E-state index < -0.39 is 0 Å². The highest BCUT2D eigenvalue weighted by molar-refractivity contribution is 5.96. The van der Waals surface area contributed by atoms with Gasteiger partial charge in [0.2, 0.25) is 0 Å². The molecule has 1 saturated heterocycles. The standard InChI is InChI=1S/C24H27N7O2/c1-17-6-7-20-27-22-19(24(33)31(20)15-17)14-18(23(32)29-10-3-2-4-11-29)21(25)30(22)12-5-9-28-13-8-26-16-28/h6-8,13-16,25H,2-5,9-12H2,1H3. The minimum Gasteiger partial charge on any atom is -0.339 e. The lowest BCUT2D eigenvalue weighted by Crippen LogP contribution is -2.40. The van der Waals surface area contributed by atoms with Crippen LogP contribution in [0.3, 0.4) is 0 Å². The van der Waals surface area contributed by atoms with Gasteiger partial charge in [0.1, 0.15) is 16.8 Å². The number of nitrogens with zero attached hydrogens (tertiary/aromatic N) is 6. The molecule has 1 aliphatic rings. The first-order valence-electron chi connectivity index (χ1n) is 11.4. The summed E-state index contributed by atoms with van der Waals surface area (Å²) in [7, 11) is 0. The van der Waals surface area contributed by atoms with Gasteiger partial charge in [-0.1, -0.05) is 6.07 Å². The SMILES string of the molecule is Cc1ccc2nc3c(cc(C(=O)N4CCCCC4)c(=N)n3CCCn3ccnc3)c(=O)n2c1. The third kappa shape index (κ3) is 3.94. The summed E-state index contributed by atoms with van der Waals surface area (Å²) in [5.74, 6) is -0.182. The number of rotatable bonds is 5. The Morgan fingerprint density at radius 1 is 1.15 bits per heavy atom. The number of hydrogen-bond donors (Lipinski definition) is 1. The number of imidazole rings is 1. The molecule has 1 aliphatic heterocycles. The van der Waals surface area contributed by atoms with Crippen molar-refractivity contribution in [3.05, 3.63) is 70.1 Å². The third-order valence-corrected chi connectivity index (χ3v) is 6.29. The topological polar surface area (TPSA) is 101 Å². The van der Waals surface area contributed by atoms with Gasteiger partial charge in [0, 0.05) is 44.8 Å². The predicted molar refractivity (Wildman–Crippen MR) is 124 cm³/mol. The van der Waals surface area contributed by atoms with E-state index in [-0.39, 0.29) is 22.5 Å². The van der Waals surface area contributed by atoms with Crippen LogP contribution >= 0.6 is 0 Å². The highest BCUT2D eigenvalue weighted by Gasteiger charge is 2.23. The molecule has 1 fully saturated rings. The summed E-state index contributed by atoms with van der Waals surface area (Å²) in [6.45, 7) is 4.47. The number of fused-ring (bicyclic) bond motifs is 2. The fourth-order valence-electron chi connectivity index (χ4n) is 4.52. The lowest BCUT2D eigenvalue weighted by Gasteiger charge is -2.27. The number of hydrogen-bond acceptors (Lipinski definition) is 5. The Morgan fingerprint density at radius 2 is 1.97 bits per heavy atom. The molecule has 170 valence electrons. The van der Waals surface area contributed by atoms with Gasteiger partial charge >= 0.3 is 0 Å². The van der Waals surface area contributed by atoms with Crippen molar-refractivity contribution < 1.29 is 4.79 Å². The summed E-state index contributed by atoms with van der Waals surface area (Å²) in [6, 6.07) is 5.29. The van der Waals surface area contributed by atoms with Gasteiger partial charge in [-0.2, -0.15) is 0 Å². The molecule has 1 amide bonds. The van der Waals surface area contributed by atoms with Gasteiger partial charge in [0.25, 0.3) is 11.5 Å². The average Bonchev–Trinajstić information content (AvgIpc) is 3.35. The lowest BCUT2D eigenvalue weighted by molar-refractivity contribution is 0.0721. The van der Waals surface area contributed by atoms with Crippen LogP contribution in [0.5, 0.6) is 0 Å². The van der Waals surface area contributed by atoms with Crippen LogP contribution < -0.4 is 11.0 Å². The van der Waals surface area contributed by atoms with Crippen molar-refractivity contribution in [1.29, 1.82) is 5.41 Å².